The average molecular weight is 325 g/mol. The predicted octanol–water partition coefficient (Wildman–Crippen LogP) is 2.36. The van der Waals surface area contributed by atoms with E-state index in [1.165, 1.54) is 12.1 Å². The number of ether oxygens (including phenoxy) is 1. The quantitative estimate of drug-likeness (QED) is 0.842. The number of anilines is 1. The number of nitrogens with one attached hydrogen (secondary N) is 1. The molecule has 118 valence electrons. The highest BCUT2D eigenvalue weighted by atomic mass is 32.2. The van der Waals surface area contributed by atoms with E-state index in [4.69, 9.17) is 9.57 Å². The van der Waals surface area contributed by atoms with E-state index in [1.807, 2.05) is 0 Å². The highest BCUT2D eigenvalue weighted by Crippen LogP contribution is 2.30. The Morgan fingerprint density at radius 2 is 1.95 bits per heavy atom. The molecular formula is C12H14F3NO4S. The lowest BCUT2D eigenvalue weighted by Gasteiger charge is -2.11. The van der Waals surface area contributed by atoms with E-state index >= 15 is 0 Å². The van der Waals surface area contributed by atoms with Gasteiger partial charge >= 0.3 is 5.51 Å². The van der Waals surface area contributed by atoms with Crippen LogP contribution in [0.1, 0.15) is 6.42 Å². The number of hydrogen-bond acceptors (Lipinski definition) is 5. The molecule has 0 aromatic heterocycles. The minimum atomic E-state index is -5.31. The largest absolute Gasteiger partial charge is 0.501 e. The molecule has 21 heavy (non-hydrogen) atoms. The molecule has 1 atom stereocenters. The van der Waals surface area contributed by atoms with Crippen LogP contribution >= 0.6 is 0 Å². The molecule has 1 saturated heterocycles. The van der Waals surface area contributed by atoms with Crippen molar-refractivity contribution in [3.05, 3.63) is 24.3 Å². The Morgan fingerprint density at radius 1 is 1.29 bits per heavy atom. The second kappa shape index (κ2) is 6.20. The van der Waals surface area contributed by atoms with Crippen LogP contribution in [0.4, 0.5) is 18.9 Å². The second-order valence-electron chi connectivity index (χ2n) is 4.62. The first kappa shape index (κ1) is 16.1. The zero-order valence-electron chi connectivity index (χ0n) is 10.9. The van der Waals surface area contributed by atoms with Gasteiger partial charge < -0.3 is 4.74 Å². The highest BCUT2D eigenvalue weighted by Gasteiger charge is 2.46. The van der Waals surface area contributed by atoms with Gasteiger partial charge in [-0.3, -0.25) is 10.3 Å². The number of sulfone groups is 1. The van der Waals surface area contributed by atoms with Gasteiger partial charge in [0.25, 0.3) is 9.84 Å². The van der Waals surface area contributed by atoms with E-state index in [0.29, 0.717) is 25.5 Å². The topological polar surface area (TPSA) is 64.6 Å². The molecule has 0 spiro atoms. The Balaban J connectivity index is 1.93. The fraction of sp³-hybridized carbons (Fsp3) is 0.500. The number of halogens is 3. The Morgan fingerprint density at radius 3 is 2.48 bits per heavy atom. The summed E-state index contributed by atoms with van der Waals surface area (Å²) in [6.07, 6.45) is 0.893. The molecule has 0 amide bonds. The van der Waals surface area contributed by atoms with Crippen LogP contribution in [0.2, 0.25) is 0 Å². The minimum absolute atomic E-state index is 0.280. The van der Waals surface area contributed by atoms with E-state index in [0.717, 1.165) is 18.6 Å². The fourth-order valence-electron chi connectivity index (χ4n) is 1.79. The van der Waals surface area contributed by atoms with Crippen LogP contribution in [0.15, 0.2) is 29.2 Å². The van der Waals surface area contributed by atoms with Gasteiger partial charge in [0, 0.05) is 12.5 Å². The van der Waals surface area contributed by atoms with Crippen molar-refractivity contribution in [2.24, 2.45) is 5.92 Å². The molecule has 1 fully saturated rings. The van der Waals surface area contributed by atoms with Crippen LogP contribution in [-0.2, 0) is 19.4 Å². The Kier molecular flexibility index (Phi) is 4.74. The number of benzene rings is 1. The Hall–Kier alpha value is -1.32. The fourth-order valence-corrected chi connectivity index (χ4v) is 2.56. The lowest BCUT2D eigenvalue weighted by atomic mass is 10.1. The summed E-state index contributed by atoms with van der Waals surface area (Å²) >= 11 is 0. The molecule has 1 heterocycles. The summed E-state index contributed by atoms with van der Waals surface area (Å²) in [4.78, 5) is 4.39. The molecule has 0 saturated carbocycles. The molecule has 1 N–H and O–H groups in total. The monoisotopic (exact) mass is 325 g/mol. The van der Waals surface area contributed by atoms with E-state index in [9.17, 15) is 21.6 Å². The summed E-state index contributed by atoms with van der Waals surface area (Å²) in [6, 6.07) is 4.19. The molecule has 0 bridgehead atoms. The number of rotatable bonds is 5. The normalized spacial score (nSPS) is 19.7. The lowest BCUT2D eigenvalue weighted by molar-refractivity contribution is -0.0436. The van der Waals surface area contributed by atoms with Gasteiger partial charge in [0.2, 0.25) is 0 Å². The van der Waals surface area contributed by atoms with Crippen molar-refractivity contribution >= 4 is 15.5 Å². The molecule has 2 rings (SSSR count). The van der Waals surface area contributed by atoms with Crippen molar-refractivity contribution in [3.8, 4) is 0 Å². The third-order valence-electron chi connectivity index (χ3n) is 3.00. The molecule has 1 aromatic carbocycles. The van der Waals surface area contributed by atoms with Gasteiger partial charge in [-0.05, 0) is 30.7 Å². The Labute approximate surface area is 119 Å². The summed E-state index contributed by atoms with van der Waals surface area (Å²) in [5.41, 5.74) is -2.38. The first-order valence-electron chi connectivity index (χ1n) is 6.17. The number of hydrogen-bond donors (Lipinski definition) is 1. The van der Waals surface area contributed by atoms with Crippen LogP contribution < -0.4 is 5.48 Å². The highest BCUT2D eigenvalue weighted by molar-refractivity contribution is 7.92. The standard InChI is InChI=1S/C12H14F3NO4S/c13-12(14,15)21(17,18)11-3-1-10(2-4-11)16-20-8-9-5-6-19-7-9/h1-4,9,16H,5-8H2. The molecule has 1 unspecified atom stereocenters. The first-order valence-corrected chi connectivity index (χ1v) is 7.66. The third-order valence-corrected chi connectivity index (χ3v) is 4.50. The van der Waals surface area contributed by atoms with Crippen molar-refractivity contribution in [3.63, 3.8) is 0 Å². The van der Waals surface area contributed by atoms with Crippen LogP contribution in [0, 0.1) is 5.92 Å². The zero-order chi connectivity index (χ0) is 15.5. The zero-order valence-corrected chi connectivity index (χ0v) is 11.7. The minimum Gasteiger partial charge on any atom is -0.381 e. The van der Waals surface area contributed by atoms with Crippen molar-refractivity contribution in [2.75, 3.05) is 25.3 Å². The molecule has 9 heteroatoms. The first-order chi connectivity index (χ1) is 9.80. The maximum Gasteiger partial charge on any atom is 0.501 e. The molecule has 0 aliphatic carbocycles. The van der Waals surface area contributed by atoms with Gasteiger partial charge in [-0.25, -0.2) is 8.42 Å². The van der Waals surface area contributed by atoms with Gasteiger partial charge in [0.1, 0.15) is 0 Å². The Bertz CT molecular complexity index is 565. The van der Waals surface area contributed by atoms with E-state index in [2.05, 4.69) is 5.48 Å². The summed E-state index contributed by atoms with van der Waals surface area (Å²) in [5.74, 6) is 0.280. The smallest absolute Gasteiger partial charge is 0.381 e. The van der Waals surface area contributed by atoms with Crippen LogP contribution in [-0.4, -0.2) is 33.7 Å². The predicted molar refractivity (Wildman–Crippen MR) is 68.2 cm³/mol. The average Bonchev–Trinajstić information content (AvgIpc) is 2.91. The maximum absolute atomic E-state index is 12.4. The van der Waals surface area contributed by atoms with Gasteiger partial charge in [0.15, 0.2) is 0 Å². The van der Waals surface area contributed by atoms with Crippen LogP contribution in [0.5, 0.6) is 0 Å². The van der Waals surface area contributed by atoms with Crippen LogP contribution in [0.3, 0.4) is 0 Å². The summed E-state index contributed by atoms with van der Waals surface area (Å²) in [7, 11) is -5.31. The van der Waals surface area contributed by atoms with Crippen molar-refractivity contribution in [1.82, 2.24) is 0 Å². The summed E-state index contributed by atoms with van der Waals surface area (Å²) in [6.45, 7) is 1.71. The molecule has 1 aromatic rings. The van der Waals surface area contributed by atoms with Gasteiger partial charge in [-0.15, -0.1) is 0 Å². The van der Waals surface area contributed by atoms with Crippen LogP contribution in [0.25, 0.3) is 0 Å². The SMILES string of the molecule is O=S(=O)(c1ccc(NOCC2CCOC2)cc1)C(F)(F)F. The van der Waals surface area contributed by atoms with Crippen molar-refractivity contribution in [2.45, 2.75) is 16.8 Å². The third kappa shape index (κ3) is 3.86. The molecule has 0 radical (unpaired) electrons. The molecule has 1 aliphatic heterocycles. The van der Waals surface area contributed by atoms with Gasteiger partial charge in [0.05, 0.1) is 23.8 Å². The maximum atomic E-state index is 12.4. The van der Waals surface area contributed by atoms with E-state index in [1.54, 1.807) is 0 Å². The summed E-state index contributed by atoms with van der Waals surface area (Å²) in [5, 5.41) is 0. The van der Waals surface area contributed by atoms with Gasteiger partial charge in [-0.2, -0.15) is 13.2 Å². The molecular weight excluding hydrogens is 311 g/mol. The summed E-state index contributed by atoms with van der Waals surface area (Å²) < 4.78 is 64.6. The second-order valence-corrected chi connectivity index (χ2v) is 6.56. The van der Waals surface area contributed by atoms with E-state index < -0.39 is 20.2 Å². The van der Waals surface area contributed by atoms with E-state index in [-0.39, 0.29) is 5.92 Å². The lowest BCUT2D eigenvalue weighted by Crippen LogP contribution is -2.23. The van der Waals surface area contributed by atoms with Gasteiger partial charge in [-0.1, -0.05) is 0 Å². The number of alkyl halides is 3. The van der Waals surface area contributed by atoms with Crippen molar-refractivity contribution in [1.29, 1.82) is 0 Å². The van der Waals surface area contributed by atoms with Crippen molar-refractivity contribution < 1.29 is 31.2 Å². The molecule has 1 aliphatic rings. The molecule has 5 nitrogen and oxygen atoms in total.